The first-order valence-electron chi connectivity index (χ1n) is 11.7. The Kier molecular flexibility index (Phi) is 6.52. The Morgan fingerprint density at radius 1 is 1.33 bits per heavy atom. The van der Waals surface area contributed by atoms with Crippen molar-refractivity contribution in [3.05, 3.63) is 58.4 Å². The van der Waals surface area contributed by atoms with Crippen LogP contribution in [-0.2, 0) is 4.79 Å². The monoisotopic (exact) mass is 512 g/mol. The molecule has 0 saturated carbocycles. The zero-order chi connectivity index (χ0) is 26.6. The maximum Gasteiger partial charge on any atom is 0.248 e. The Hall–Kier alpha value is -3.15. The topological polar surface area (TPSA) is 99.7 Å². The lowest BCUT2D eigenvalue weighted by Gasteiger charge is -2.37. The average Bonchev–Trinajstić information content (AvgIpc) is 3.26. The van der Waals surface area contributed by atoms with Crippen LogP contribution in [0.4, 0.5) is 10.1 Å². The van der Waals surface area contributed by atoms with Crippen LogP contribution in [0.3, 0.4) is 0 Å². The van der Waals surface area contributed by atoms with Crippen LogP contribution in [0.1, 0.15) is 56.0 Å². The number of halogens is 2. The highest BCUT2D eigenvalue weighted by Gasteiger charge is 2.64. The van der Waals surface area contributed by atoms with Crippen molar-refractivity contribution in [3.63, 3.8) is 0 Å². The molecule has 0 spiro atoms. The molecular weight excluding hydrogens is 483 g/mol. The summed E-state index contributed by atoms with van der Waals surface area (Å²) in [4.78, 5) is 29.3. The van der Waals surface area contributed by atoms with Crippen molar-refractivity contribution in [3.8, 4) is 11.8 Å². The summed E-state index contributed by atoms with van der Waals surface area (Å²) in [5, 5.41) is 10.4. The first-order chi connectivity index (χ1) is 16.8. The molecule has 4 atom stereocenters. The number of nitrogens with two attached hydrogens (primary N) is 1. The molecule has 2 aliphatic rings. The minimum absolute atomic E-state index is 0.0513. The Bertz CT molecular complexity index is 1270. The molecule has 2 amide bonds. The van der Waals surface area contributed by atoms with Gasteiger partial charge in [-0.15, -0.1) is 0 Å². The summed E-state index contributed by atoms with van der Waals surface area (Å²) >= 11 is 6.13. The van der Waals surface area contributed by atoms with Gasteiger partial charge in [0.25, 0.3) is 0 Å². The number of nitriles is 1. The van der Waals surface area contributed by atoms with Gasteiger partial charge in [0.15, 0.2) is 0 Å². The molecule has 2 fully saturated rings. The van der Waals surface area contributed by atoms with Gasteiger partial charge in [-0.05, 0) is 48.6 Å². The largest absolute Gasteiger partial charge is 0.495 e. The molecule has 0 bridgehead atoms. The fourth-order valence-corrected chi connectivity index (χ4v) is 5.87. The van der Waals surface area contributed by atoms with E-state index in [1.54, 1.807) is 23.1 Å². The van der Waals surface area contributed by atoms with Gasteiger partial charge in [-0.1, -0.05) is 44.5 Å². The quantitative estimate of drug-likeness (QED) is 0.626. The first kappa shape index (κ1) is 25.9. The van der Waals surface area contributed by atoms with Crippen molar-refractivity contribution in [1.29, 1.82) is 5.26 Å². The van der Waals surface area contributed by atoms with Gasteiger partial charge in [-0.3, -0.25) is 19.4 Å². The minimum Gasteiger partial charge on any atom is -0.495 e. The number of hydrogen-bond donors (Lipinski definition) is 1. The van der Waals surface area contributed by atoms with E-state index < -0.39 is 29.1 Å². The Morgan fingerprint density at radius 3 is 2.61 bits per heavy atom. The number of benzene rings is 2. The van der Waals surface area contributed by atoms with Gasteiger partial charge < -0.3 is 10.5 Å². The number of amides is 2. The molecule has 190 valence electrons. The molecule has 2 aromatic rings. The predicted octanol–water partition coefficient (Wildman–Crippen LogP) is 4.69. The predicted molar refractivity (Wildman–Crippen MR) is 135 cm³/mol. The first-order valence-corrected chi connectivity index (χ1v) is 12.1. The van der Waals surface area contributed by atoms with Crippen LogP contribution in [0.15, 0.2) is 36.4 Å². The van der Waals surface area contributed by atoms with Gasteiger partial charge in [0, 0.05) is 17.5 Å². The fraction of sp³-hybridized carbons (Fsp3) is 0.444. The van der Waals surface area contributed by atoms with Crippen molar-refractivity contribution in [2.45, 2.75) is 52.1 Å². The molecule has 36 heavy (non-hydrogen) atoms. The smallest absolute Gasteiger partial charge is 0.248 e. The standard InChI is InChI=1S/C27H30ClFN4O3/c1-26(2,3)12-20-27(4,13-30)21(16-7-6-8-17(28)22(16)29)23-25(35)32(14-33(20)23)18-10-9-15(24(31)34)11-19(18)36-5/h6-11,20-21,23H,12,14H2,1-5H3,(H2,31,34)/t20-,21-,23+,27+/m0/s1. The van der Waals surface area contributed by atoms with Gasteiger partial charge in [0.05, 0.1) is 36.0 Å². The van der Waals surface area contributed by atoms with Gasteiger partial charge >= 0.3 is 0 Å². The minimum atomic E-state index is -1.05. The lowest BCUT2D eigenvalue weighted by molar-refractivity contribution is -0.119. The SMILES string of the molecule is COc1cc(C(N)=O)ccc1N1CN2[C@@H](CC(C)(C)C)[C@@](C)(C#N)[C@@H](c3cccc(Cl)c3F)[C@@H]2C1=O. The molecule has 7 nitrogen and oxygen atoms in total. The second-order valence-corrected chi connectivity index (χ2v) is 11.3. The number of fused-ring (bicyclic) bond motifs is 1. The van der Waals surface area contributed by atoms with Crippen LogP contribution < -0.4 is 15.4 Å². The van der Waals surface area contributed by atoms with Crippen molar-refractivity contribution < 1.29 is 18.7 Å². The highest BCUT2D eigenvalue weighted by atomic mass is 35.5. The van der Waals surface area contributed by atoms with Crippen molar-refractivity contribution in [2.24, 2.45) is 16.6 Å². The number of rotatable bonds is 5. The van der Waals surface area contributed by atoms with E-state index in [9.17, 15) is 14.9 Å². The van der Waals surface area contributed by atoms with Crippen LogP contribution >= 0.6 is 11.6 Å². The lowest BCUT2D eigenvalue weighted by Crippen LogP contribution is -2.43. The molecule has 0 unspecified atom stereocenters. The number of carbonyl (C=O) groups is 2. The van der Waals surface area contributed by atoms with Gasteiger partial charge in [0.1, 0.15) is 17.6 Å². The zero-order valence-corrected chi connectivity index (χ0v) is 21.8. The molecule has 4 rings (SSSR count). The Morgan fingerprint density at radius 2 is 2.03 bits per heavy atom. The van der Waals surface area contributed by atoms with Crippen molar-refractivity contribution >= 4 is 29.1 Å². The van der Waals surface area contributed by atoms with Gasteiger partial charge in [0.2, 0.25) is 11.8 Å². The summed E-state index contributed by atoms with van der Waals surface area (Å²) in [6, 6.07) is 10.7. The number of primary amides is 1. The van der Waals surface area contributed by atoms with Crippen molar-refractivity contribution in [2.75, 3.05) is 18.7 Å². The van der Waals surface area contributed by atoms with E-state index in [-0.39, 0.29) is 40.2 Å². The van der Waals surface area contributed by atoms with Crippen LogP contribution in [0.5, 0.6) is 5.75 Å². The summed E-state index contributed by atoms with van der Waals surface area (Å²) < 4.78 is 20.9. The zero-order valence-electron chi connectivity index (χ0n) is 21.0. The number of methoxy groups -OCH3 is 1. The maximum atomic E-state index is 15.4. The second-order valence-electron chi connectivity index (χ2n) is 10.9. The fourth-order valence-electron chi connectivity index (χ4n) is 5.68. The number of hydrogen-bond acceptors (Lipinski definition) is 5. The number of carbonyl (C=O) groups excluding carboxylic acids is 2. The van der Waals surface area contributed by atoms with Crippen LogP contribution in [0, 0.1) is 28.0 Å². The van der Waals surface area contributed by atoms with E-state index in [4.69, 9.17) is 22.1 Å². The van der Waals surface area contributed by atoms with E-state index >= 15 is 4.39 Å². The van der Waals surface area contributed by atoms with E-state index in [2.05, 4.69) is 26.8 Å². The molecule has 9 heteroatoms. The van der Waals surface area contributed by atoms with Gasteiger partial charge in [-0.2, -0.15) is 5.26 Å². The highest BCUT2D eigenvalue weighted by molar-refractivity contribution is 6.30. The number of anilines is 1. The molecule has 2 heterocycles. The summed E-state index contributed by atoms with van der Waals surface area (Å²) in [6.45, 7) is 8.23. The average molecular weight is 513 g/mol. The van der Waals surface area contributed by atoms with Crippen LogP contribution in [0.25, 0.3) is 0 Å². The van der Waals surface area contributed by atoms with E-state index in [1.807, 2.05) is 11.8 Å². The summed E-state index contributed by atoms with van der Waals surface area (Å²) in [7, 11) is 1.45. The molecule has 2 aromatic carbocycles. The highest BCUT2D eigenvalue weighted by Crippen LogP contribution is 2.57. The summed E-state index contributed by atoms with van der Waals surface area (Å²) in [6.07, 6.45) is 0.616. The lowest BCUT2D eigenvalue weighted by atomic mass is 9.67. The molecular formula is C27H30ClFN4O3. The van der Waals surface area contributed by atoms with E-state index in [1.165, 1.54) is 25.3 Å². The van der Waals surface area contributed by atoms with Crippen LogP contribution in [-0.4, -0.2) is 42.6 Å². The third kappa shape index (κ3) is 4.10. The van der Waals surface area contributed by atoms with Crippen molar-refractivity contribution in [1.82, 2.24) is 4.90 Å². The molecule has 0 aromatic heterocycles. The Balaban J connectivity index is 1.87. The van der Waals surface area contributed by atoms with E-state index in [0.29, 0.717) is 17.9 Å². The molecule has 2 saturated heterocycles. The third-order valence-corrected chi connectivity index (χ3v) is 7.65. The summed E-state index contributed by atoms with van der Waals surface area (Å²) in [5.41, 5.74) is 5.18. The molecule has 0 radical (unpaired) electrons. The third-order valence-electron chi connectivity index (χ3n) is 7.35. The second kappa shape index (κ2) is 9.06. The van der Waals surface area contributed by atoms with E-state index in [0.717, 1.165) is 0 Å². The number of nitrogens with zero attached hydrogens (tertiary/aromatic N) is 3. The van der Waals surface area contributed by atoms with Gasteiger partial charge in [-0.25, -0.2) is 4.39 Å². The normalized spacial score (nSPS) is 26.1. The maximum absolute atomic E-state index is 15.4. The Labute approximate surface area is 215 Å². The molecule has 2 N–H and O–H groups in total. The number of ether oxygens (including phenoxy) is 1. The van der Waals surface area contributed by atoms with Crippen LogP contribution in [0.2, 0.25) is 5.02 Å². The molecule has 2 aliphatic heterocycles. The summed E-state index contributed by atoms with van der Waals surface area (Å²) in [5.74, 6) is -1.93. The molecule has 0 aliphatic carbocycles.